The Morgan fingerprint density at radius 3 is 2.72 bits per heavy atom. The van der Waals surface area contributed by atoms with E-state index in [0.717, 1.165) is 18.4 Å². The van der Waals surface area contributed by atoms with E-state index < -0.39 is 0 Å². The van der Waals surface area contributed by atoms with Crippen LogP contribution in [0.4, 0.5) is 10.5 Å². The lowest BCUT2D eigenvalue weighted by Gasteiger charge is -2.11. The zero-order chi connectivity index (χ0) is 20.5. The fraction of sp³-hybridized carbons (Fsp3) is 0.250. The van der Waals surface area contributed by atoms with Gasteiger partial charge < -0.3 is 15.4 Å². The van der Waals surface area contributed by atoms with Gasteiger partial charge in [0.15, 0.2) is 5.82 Å². The molecule has 0 aliphatic carbocycles. The normalized spacial score (nSPS) is 10.4. The molecule has 2 N–H and O–H groups in total. The fourth-order valence-corrected chi connectivity index (χ4v) is 2.53. The van der Waals surface area contributed by atoms with Crippen LogP contribution in [0, 0.1) is 0 Å². The van der Waals surface area contributed by atoms with Gasteiger partial charge in [-0.05, 0) is 36.8 Å². The minimum absolute atomic E-state index is 0.261. The Kier molecular flexibility index (Phi) is 6.88. The summed E-state index contributed by atoms with van der Waals surface area (Å²) in [5.41, 5.74) is 1.80. The van der Waals surface area contributed by atoms with Crippen molar-refractivity contribution in [1.29, 1.82) is 0 Å². The molecule has 0 saturated heterocycles. The predicted octanol–water partition coefficient (Wildman–Crippen LogP) is 2.94. The molecule has 3 rings (SSSR count). The molecule has 2 amide bonds. The molecule has 0 spiro atoms. The van der Waals surface area contributed by atoms with Crippen molar-refractivity contribution in [2.45, 2.75) is 26.3 Å². The second-order valence-corrected chi connectivity index (χ2v) is 6.20. The number of amides is 2. The van der Waals surface area contributed by atoms with Crippen LogP contribution in [0.5, 0.6) is 0 Å². The van der Waals surface area contributed by atoms with Crippen LogP contribution in [0.3, 0.4) is 0 Å². The summed E-state index contributed by atoms with van der Waals surface area (Å²) in [6.07, 6.45) is 6.41. The number of aromatic nitrogens is 4. The standard InChI is InChI=1S/C20H22N6O3/c1-2-3-11-29-19(27)15-6-8-17(9-7-15)25-20(28)23-12-16-5-4-10-22-18(16)26-14-21-13-24-26/h4-10,13-14H,2-3,11-12H2,1H3,(H2,23,25,28). The maximum Gasteiger partial charge on any atom is 0.338 e. The molecule has 150 valence electrons. The van der Waals surface area contributed by atoms with Crippen LogP contribution in [0.15, 0.2) is 55.2 Å². The number of esters is 1. The van der Waals surface area contributed by atoms with Crippen LogP contribution in [0.2, 0.25) is 0 Å². The number of rotatable bonds is 8. The fourth-order valence-electron chi connectivity index (χ4n) is 2.53. The summed E-state index contributed by atoms with van der Waals surface area (Å²) in [5.74, 6) is 0.225. The van der Waals surface area contributed by atoms with E-state index in [1.165, 1.54) is 11.0 Å². The summed E-state index contributed by atoms with van der Waals surface area (Å²) in [4.78, 5) is 32.3. The maximum atomic E-state index is 12.2. The lowest BCUT2D eigenvalue weighted by Crippen LogP contribution is -2.28. The third-order valence-corrected chi connectivity index (χ3v) is 4.05. The second kappa shape index (κ2) is 9.98. The Bertz CT molecular complexity index is 941. The van der Waals surface area contributed by atoms with Crippen molar-refractivity contribution in [1.82, 2.24) is 25.1 Å². The van der Waals surface area contributed by atoms with Gasteiger partial charge in [-0.25, -0.2) is 24.2 Å². The molecule has 0 bridgehead atoms. The Labute approximate surface area is 168 Å². The topological polar surface area (TPSA) is 111 Å². The van der Waals surface area contributed by atoms with Crippen molar-refractivity contribution in [3.05, 3.63) is 66.4 Å². The average molecular weight is 394 g/mol. The average Bonchev–Trinajstić information content (AvgIpc) is 3.28. The van der Waals surface area contributed by atoms with Crippen molar-refractivity contribution in [3.8, 4) is 5.82 Å². The lowest BCUT2D eigenvalue weighted by atomic mass is 10.2. The highest BCUT2D eigenvalue weighted by molar-refractivity contribution is 5.92. The minimum atomic E-state index is -0.378. The quantitative estimate of drug-likeness (QED) is 0.449. The molecule has 9 nitrogen and oxygen atoms in total. The molecule has 0 aliphatic heterocycles. The molecule has 0 aliphatic rings. The first-order valence-corrected chi connectivity index (χ1v) is 9.28. The van der Waals surface area contributed by atoms with Crippen LogP contribution in [0.25, 0.3) is 5.82 Å². The van der Waals surface area contributed by atoms with Crippen LogP contribution >= 0.6 is 0 Å². The van der Waals surface area contributed by atoms with E-state index in [1.807, 2.05) is 13.0 Å². The Hall–Kier alpha value is -3.75. The molecule has 9 heteroatoms. The first kappa shape index (κ1) is 20.0. The van der Waals surface area contributed by atoms with E-state index in [-0.39, 0.29) is 18.5 Å². The third kappa shape index (κ3) is 5.61. The molecule has 0 unspecified atom stereocenters. The minimum Gasteiger partial charge on any atom is -0.462 e. The number of carbonyl (C=O) groups excluding carboxylic acids is 2. The van der Waals surface area contributed by atoms with Crippen LogP contribution in [0.1, 0.15) is 35.7 Å². The Morgan fingerprint density at radius 2 is 2.00 bits per heavy atom. The Morgan fingerprint density at radius 1 is 1.17 bits per heavy atom. The highest BCUT2D eigenvalue weighted by atomic mass is 16.5. The summed E-state index contributed by atoms with van der Waals surface area (Å²) in [5, 5.41) is 9.57. The highest BCUT2D eigenvalue weighted by Gasteiger charge is 2.10. The highest BCUT2D eigenvalue weighted by Crippen LogP contribution is 2.12. The number of unbranched alkanes of at least 4 members (excludes halogenated alkanes) is 1. The van der Waals surface area contributed by atoms with Crippen molar-refractivity contribution in [2.75, 3.05) is 11.9 Å². The molecular formula is C20H22N6O3. The molecule has 0 saturated carbocycles. The van der Waals surface area contributed by atoms with E-state index in [2.05, 4.69) is 25.7 Å². The van der Waals surface area contributed by atoms with Crippen LogP contribution in [-0.4, -0.2) is 38.4 Å². The summed E-state index contributed by atoms with van der Waals surface area (Å²) in [6.45, 7) is 2.70. The van der Waals surface area contributed by atoms with Gasteiger partial charge in [0.25, 0.3) is 0 Å². The predicted molar refractivity (Wildman–Crippen MR) is 107 cm³/mol. The number of ether oxygens (including phenoxy) is 1. The van der Waals surface area contributed by atoms with Gasteiger partial charge in [0.05, 0.1) is 12.2 Å². The summed E-state index contributed by atoms with van der Waals surface area (Å²) in [7, 11) is 0. The van der Waals surface area contributed by atoms with Gasteiger partial charge in [-0.2, -0.15) is 5.10 Å². The lowest BCUT2D eigenvalue weighted by molar-refractivity contribution is 0.0500. The van der Waals surface area contributed by atoms with Crippen molar-refractivity contribution >= 4 is 17.7 Å². The monoisotopic (exact) mass is 394 g/mol. The van der Waals surface area contributed by atoms with E-state index in [4.69, 9.17) is 4.74 Å². The summed E-state index contributed by atoms with van der Waals surface area (Å²) in [6, 6.07) is 9.80. The molecule has 1 aromatic carbocycles. The number of hydrogen-bond acceptors (Lipinski definition) is 6. The molecular weight excluding hydrogens is 372 g/mol. The van der Waals surface area contributed by atoms with Crippen molar-refractivity contribution < 1.29 is 14.3 Å². The molecule has 2 aromatic heterocycles. The number of pyridine rings is 1. The van der Waals surface area contributed by atoms with Gasteiger partial charge in [-0.15, -0.1) is 0 Å². The van der Waals surface area contributed by atoms with Crippen molar-refractivity contribution in [2.24, 2.45) is 0 Å². The van der Waals surface area contributed by atoms with Crippen LogP contribution in [-0.2, 0) is 11.3 Å². The molecule has 2 heterocycles. The third-order valence-electron chi connectivity index (χ3n) is 4.05. The summed E-state index contributed by atoms with van der Waals surface area (Å²) < 4.78 is 6.70. The zero-order valence-corrected chi connectivity index (χ0v) is 16.0. The maximum absolute atomic E-state index is 12.2. The van der Waals surface area contributed by atoms with Gasteiger partial charge in [0.1, 0.15) is 12.7 Å². The molecule has 0 fully saturated rings. The SMILES string of the molecule is CCCCOC(=O)c1ccc(NC(=O)NCc2cccnc2-n2cncn2)cc1. The number of benzene rings is 1. The largest absolute Gasteiger partial charge is 0.462 e. The number of carbonyl (C=O) groups is 2. The van der Waals surface area contributed by atoms with E-state index >= 15 is 0 Å². The second-order valence-electron chi connectivity index (χ2n) is 6.20. The number of anilines is 1. The van der Waals surface area contributed by atoms with E-state index in [0.29, 0.717) is 23.7 Å². The zero-order valence-electron chi connectivity index (χ0n) is 16.0. The first-order chi connectivity index (χ1) is 14.2. The summed E-state index contributed by atoms with van der Waals surface area (Å²) >= 11 is 0. The van der Waals surface area contributed by atoms with Gasteiger partial charge in [-0.3, -0.25) is 0 Å². The number of hydrogen-bond donors (Lipinski definition) is 2. The van der Waals surface area contributed by atoms with Gasteiger partial charge in [-0.1, -0.05) is 19.4 Å². The van der Waals surface area contributed by atoms with Gasteiger partial charge in [0.2, 0.25) is 0 Å². The van der Waals surface area contributed by atoms with Gasteiger partial charge >= 0.3 is 12.0 Å². The number of urea groups is 1. The molecule has 29 heavy (non-hydrogen) atoms. The molecule has 0 atom stereocenters. The number of nitrogens with one attached hydrogen (secondary N) is 2. The van der Waals surface area contributed by atoms with Crippen molar-refractivity contribution in [3.63, 3.8) is 0 Å². The van der Waals surface area contributed by atoms with E-state index in [9.17, 15) is 9.59 Å². The molecule has 3 aromatic rings. The van der Waals surface area contributed by atoms with Gasteiger partial charge in [0, 0.05) is 24.0 Å². The van der Waals surface area contributed by atoms with E-state index in [1.54, 1.807) is 42.9 Å². The van der Waals surface area contributed by atoms with Crippen LogP contribution < -0.4 is 10.6 Å². The number of nitrogens with zero attached hydrogens (tertiary/aromatic N) is 4. The Balaban J connectivity index is 1.53. The molecule has 0 radical (unpaired) electrons. The smallest absolute Gasteiger partial charge is 0.338 e. The first-order valence-electron chi connectivity index (χ1n) is 9.28.